The molecular weight excluding hydrogens is 420 g/mol. The Balaban J connectivity index is 1.80. The summed E-state index contributed by atoms with van der Waals surface area (Å²) in [4.78, 5) is 11.6. The zero-order chi connectivity index (χ0) is 19.9. The van der Waals surface area contributed by atoms with Gasteiger partial charge in [-0.15, -0.1) is 0 Å². The van der Waals surface area contributed by atoms with Gasteiger partial charge in [0.15, 0.2) is 0 Å². The molecule has 0 saturated heterocycles. The van der Waals surface area contributed by atoms with Crippen molar-refractivity contribution in [1.29, 1.82) is 0 Å². The largest absolute Gasteiger partial charge is 0.507 e. The summed E-state index contributed by atoms with van der Waals surface area (Å²) in [5, 5.41) is 10.0. The molecule has 0 radical (unpaired) electrons. The minimum absolute atomic E-state index is 0.121. The third-order valence-electron chi connectivity index (χ3n) is 4.09. The monoisotopic (exact) mass is 438 g/mol. The van der Waals surface area contributed by atoms with E-state index in [0.29, 0.717) is 6.61 Å². The molecule has 1 N–H and O–H groups in total. The Labute approximate surface area is 172 Å². The minimum atomic E-state index is -0.573. The van der Waals surface area contributed by atoms with Crippen LogP contribution in [0.4, 0.5) is 0 Å². The zero-order valence-electron chi connectivity index (χ0n) is 15.3. The van der Waals surface area contributed by atoms with Crippen molar-refractivity contribution in [2.45, 2.75) is 6.61 Å². The van der Waals surface area contributed by atoms with Crippen LogP contribution >= 0.6 is 15.9 Å². The predicted molar refractivity (Wildman–Crippen MR) is 113 cm³/mol. The van der Waals surface area contributed by atoms with Crippen molar-refractivity contribution >= 4 is 34.1 Å². The van der Waals surface area contributed by atoms with Crippen LogP contribution < -0.4 is 4.74 Å². The van der Waals surface area contributed by atoms with Crippen molar-refractivity contribution in [2.24, 2.45) is 0 Å². The van der Waals surface area contributed by atoms with Gasteiger partial charge >= 0.3 is 5.97 Å². The van der Waals surface area contributed by atoms with Gasteiger partial charge in [0.25, 0.3) is 0 Å². The number of hydrogen-bond donors (Lipinski definition) is 1. The third-order valence-corrected chi connectivity index (χ3v) is 4.58. The fourth-order valence-corrected chi connectivity index (χ4v) is 3.02. The fourth-order valence-electron chi connectivity index (χ4n) is 2.64. The van der Waals surface area contributed by atoms with Crippen molar-refractivity contribution in [3.8, 4) is 11.5 Å². The molecule has 5 heteroatoms. The van der Waals surface area contributed by atoms with Gasteiger partial charge in [0.2, 0.25) is 0 Å². The smallest absolute Gasteiger partial charge is 0.341 e. The topological polar surface area (TPSA) is 55.8 Å². The van der Waals surface area contributed by atoms with E-state index in [1.807, 2.05) is 60.7 Å². The fraction of sp³-hybridized carbons (Fsp3) is 0.0870. The number of aromatic hydroxyl groups is 1. The SMILES string of the molecule is COC(=O)c1ccc(C=Cc2cc(Br)ccc2OCc2ccccc2)cc1O. The molecule has 0 aliphatic carbocycles. The molecule has 0 bridgehead atoms. The number of halogens is 1. The summed E-state index contributed by atoms with van der Waals surface area (Å²) >= 11 is 3.48. The first-order chi connectivity index (χ1) is 13.6. The molecule has 3 rings (SSSR count). The second-order valence-electron chi connectivity index (χ2n) is 6.06. The first-order valence-electron chi connectivity index (χ1n) is 8.62. The van der Waals surface area contributed by atoms with Gasteiger partial charge in [0.05, 0.1) is 7.11 Å². The Morgan fingerprint density at radius 3 is 2.54 bits per heavy atom. The van der Waals surface area contributed by atoms with Gasteiger partial charge in [-0.1, -0.05) is 64.5 Å². The van der Waals surface area contributed by atoms with Gasteiger partial charge < -0.3 is 14.6 Å². The number of esters is 1. The van der Waals surface area contributed by atoms with Crippen molar-refractivity contribution in [3.63, 3.8) is 0 Å². The molecule has 0 atom stereocenters. The van der Waals surface area contributed by atoms with Gasteiger partial charge in [-0.05, 0) is 41.5 Å². The van der Waals surface area contributed by atoms with E-state index in [9.17, 15) is 9.90 Å². The molecule has 0 spiro atoms. The van der Waals surface area contributed by atoms with E-state index in [2.05, 4.69) is 20.7 Å². The number of phenols is 1. The van der Waals surface area contributed by atoms with Gasteiger partial charge in [-0.25, -0.2) is 4.79 Å². The molecule has 0 unspecified atom stereocenters. The van der Waals surface area contributed by atoms with Crippen LogP contribution in [-0.4, -0.2) is 18.2 Å². The maximum Gasteiger partial charge on any atom is 0.341 e. The number of hydrogen-bond acceptors (Lipinski definition) is 4. The Kier molecular flexibility index (Phi) is 6.50. The van der Waals surface area contributed by atoms with Gasteiger partial charge in [0, 0.05) is 10.0 Å². The van der Waals surface area contributed by atoms with Crippen LogP contribution in [0.1, 0.15) is 27.0 Å². The van der Waals surface area contributed by atoms with E-state index < -0.39 is 5.97 Å². The summed E-state index contributed by atoms with van der Waals surface area (Å²) in [6.07, 6.45) is 3.75. The van der Waals surface area contributed by atoms with E-state index in [4.69, 9.17) is 4.74 Å². The van der Waals surface area contributed by atoms with E-state index in [0.717, 1.165) is 26.9 Å². The number of phenolic OH excluding ortho intramolecular Hbond substituents is 1. The molecule has 0 aliphatic rings. The van der Waals surface area contributed by atoms with E-state index in [1.165, 1.54) is 19.2 Å². The zero-order valence-corrected chi connectivity index (χ0v) is 16.8. The molecule has 0 aliphatic heterocycles. The molecule has 3 aromatic carbocycles. The summed E-state index contributed by atoms with van der Waals surface area (Å²) in [6, 6.07) is 20.5. The Morgan fingerprint density at radius 1 is 1.04 bits per heavy atom. The first kappa shape index (κ1) is 19.7. The molecule has 0 amide bonds. The lowest BCUT2D eigenvalue weighted by Crippen LogP contribution is -2.01. The molecule has 0 saturated carbocycles. The highest BCUT2D eigenvalue weighted by atomic mass is 79.9. The molecule has 0 fully saturated rings. The minimum Gasteiger partial charge on any atom is -0.507 e. The normalized spacial score (nSPS) is 10.8. The number of carbonyl (C=O) groups is 1. The van der Waals surface area contributed by atoms with Gasteiger partial charge in [-0.2, -0.15) is 0 Å². The summed E-state index contributed by atoms with van der Waals surface area (Å²) in [6.45, 7) is 0.470. The quantitative estimate of drug-likeness (QED) is 0.396. The van der Waals surface area contributed by atoms with Crippen LogP contribution in [0.25, 0.3) is 12.2 Å². The summed E-state index contributed by atoms with van der Waals surface area (Å²) in [5.74, 6) is 0.0547. The van der Waals surface area contributed by atoms with E-state index in [-0.39, 0.29) is 11.3 Å². The summed E-state index contributed by atoms with van der Waals surface area (Å²) in [7, 11) is 1.28. The van der Waals surface area contributed by atoms with Crippen molar-refractivity contribution in [1.82, 2.24) is 0 Å². The second kappa shape index (κ2) is 9.24. The van der Waals surface area contributed by atoms with Crippen LogP contribution in [-0.2, 0) is 11.3 Å². The van der Waals surface area contributed by atoms with Gasteiger partial charge in [-0.3, -0.25) is 0 Å². The van der Waals surface area contributed by atoms with Crippen molar-refractivity contribution < 1.29 is 19.4 Å². The highest BCUT2D eigenvalue weighted by Gasteiger charge is 2.11. The maximum atomic E-state index is 11.6. The molecule has 3 aromatic rings. The van der Waals surface area contributed by atoms with Crippen molar-refractivity contribution in [2.75, 3.05) is 7.11 Å². The lowest BCUT2D eigenvalue weighted by atomic mass is 10.1. The number of carbonyl (C=O) groups excluding carboxylic acids is 1. The summed E-state index contributed by atoms with van der Waals surface area (Å²) < 4.78 is 11.5. The first-order valence-corrected chi connectivity index (χ1v) is 9.42. The van der Waals surface area contributed by atoms with Crippen LogP contribution in [0.3, 0.4) is 0 Å². The van der Waals surface area contributed by atoms with Crippen LogP contribution in [0.15, 0.2) is 71.2 Å². The van der Waals surface area contributed by atoms with Crippen LogP contribution in [0, 0.1) is 0 Å². The Morgan fingerprint density at radius 2 is 1.82 bits per heavy atom. The van der Waals surface area contributed by atoms with Gasteiger partial charge in [0.1, 0.15) is 23.7 Å². The predicted octanol–water partition coefficient (Wildman–Crippen LogP) is 5.69. The maximum absolute atomic E-state index is 11.6. The Hall–Kier alpha value is -3.05. The highest BCUT2D eigenvalue weighted by molar-refractivity contribution is 9.10. The van der Waals surface area contributed by atoms with Crippen molar-refractivity contribution in [3.05, 3.63) is 93.5 Å². The number of methoxy groups -OCH3 is 1. The molecule has 28 heavy (non-hydrogen) atoms. The molecule has 4 nitrogen and oxygen atoms in total. The molecule has 142 valence electrons. The van der Waals surface area contributed by atoms with E-state index >= 15 is 0 Å². The number of ether oxygens (including phenoxy) is 2. The summed E-state index contributed by atoms with van der Waals surface area (Å²) in [5.41, 5.74) is 2.86. The lowest BCUT2D eigenvalue weighted by Gasteiger charge is -2.10. The number of rotatable bonds is 6. The molecule has 0 aromatic heterocycles. The Bertz CT molecular complexity index is 997. The van der Waals surface area contributed by atoms with Crippen LogP contribution in [0.2, 0.25) is 0 Å². The standard InChI is InChI=1S/C23H19BrO4/c1-27-23(26)20-11-8-16(13-21(20)25)7-9-18-14-19(24)10-12-22(18)28-15-17-5-3-2-4-6-17/h2-14,25H,15H2,1H3. The second-order valence-corrected chi connectivity index (χ2v) is 6.97. The third kappa shape index (κ3) is 5.02. The average Bonchev–Trinajstić information content (AvgIpc) is 2.72. The highest BCUT2D eigenvalue weighted by Crippen LogP contribution is 2.27. The van der Waals surface area contributed by atoms with Crippen LogP contribution in [0.5, 0.6) is 11.5 Å². The molecular formula is C23H19BrO4. The molecule has 0 heterocycles. The van der Waals surface area contributed by atoms with E-state index in [1.54, 1.807) is 6.07 Å². The number of benzene rings is 3. The lowest BCUT2D eigenvalue weighted by molar-refractivity contribution is 0.0597. The average molecular weight is 439 g/mol.